The van der Waals surface area contributed by atoms with Crippen LogP contribution in [0, 0.1) is 0 Å². The summed E-state index contributed by atoms with van der Waals surface area (Å²) in [6, 6.07) is 8.31. The molecule has 28 heavy (non-hydrogen) atoms. The van der Waals surface area contributed by atoms with Crippen LogP contribution in [0.3, 0.4) is 0 Å². The Bertz CT molecular complexity index is 754. The Morgan fingerprint density at radius 2 is 2.04 bits per heavy atom. The average molecular weight is 496 g/mol. The lowest BCUT2D eigenvalue weighted by molar-refractivity contribution is 0.119. The first-order chi connectivity index (χ1) is 13.3. The maximum absolute atomic E-state index is 6.14. The lowest BCUT2D eigenvalue weighted by Gasteiger charge is -2.33. The van der Waals surface area contributed by atoms with E-state index in [1.807, 2.05) is 13.1 Å². The number of likely N-dealkylation sites (tertiary alicyclic amines) is 1. The third-order valence-electron chi connectivity index (χ3n) is 5.58. The highest BCUT2D eigenvalue weighted by molar-refractivity contribution is 14.0. The number of halogens is 1. The summed E-state index contributed by atoms with van der Waals surface area (Å²) in [5.41, 5.74) is 1.18. The van der Waals surface area contributed by atoms with Crippen LogP contribution >= 0.6 is 24.0 Å². The monoisotopic (exact) mass is 496 g/mol. The molecule has 0 atom stereocenters. The number of para-hydroxylation sites is 1. The van der Waals surface area contributed by atoms with Crippen LogP contribution in [-0.2, 0) is 6.54 Å². The number of aromatic nitrogens is 3. The van der Waals surface area contributed by atoms with Crippen molar-refractivity contribution in [2.75, 3.05) is 20.1 Å². The van der Waals surface area contributed by atoms with Crippen LogP contribution in [0.4, 0.5) is 0 Å². The van der Waals surface area contributed by atoms with Gasteiger partial charge in [-0.05, 0) is 38.2 Å². The van der Waals surface area contributed by atoms with Gasteiger partial charge in [-0.25, -0.2) is 4.98 Å². The number of ether oxygens (including phenoxy) is 1. The van der Waals surface area contributed by atoms with Crippen molar-refractivity contribution in [1.29, 1.82) is 0 Å². The van der Waals surface area contributed by atoms with E-state index in [0.29, 0.717) is 12.0 Å². The van der Waals surface area contributed by atoms with Crippen molar-refractivity contribution >= 4 is 29.9 Å². The number of benzene rings is 1. The van der Waals surface area contributed by atoms with Crippen molar-refractivity contribution in [3.63, 3.8) is 0 Å². The first kappa shape index (κ1) is 20.9. The number of nitrogens with one attached hydrogen (secondary N) is 2. The van der Waals surface area contributed by atoms with Gasteiger partial charge in [-0.2, -0.15) is 5.10 Å². The van der Waals surface area contributed by atoms with Crippen molar-refractivity contribution in [1.82, 2.24) is 25.4 Å². The molecule has 1 saturated carbocycles. The van der Waals surface area contributed by atoms with E-state index in [1.54, 1.807) is 6.33 Å². The quantitative estimate of drug-likeness (QED) is 0.378. The van der Waals surface area contributed by atoms with Crippen LogP contribution in [0.1, 0.15) is 49.4 Å². The summed E-state index contributed by atoms with van der Waals surface area (Å²) < 4.78 is 6.14. The molecule has 1 aromatic heterocycles. The number of nitrogens with zero attached hydrogens (tertiary/aromatic N) is 4. The summed E-state index contributed by atoms with van der Waals surface area (Å²) >= 11 is 0. The number of guanidine groups is 1. The molecule has 2 aliphatic rings. The molecular formula is C20H29IN6O. The number of H-pyrrole nitrogens is 1. The Morgan fingerprint density at radius 3 is 2.68 bits per heavy atom. The minimum atomic E-state index is 0. The van der Waals surface area contributed by atoms with E-state index in [1.165, 1.54) is 24.8 Å². The predicted molar refractivity (Wildman–Crippen MR) is 120 cm³/mol. The van der Waals surface area contributed by atoms with Gasteiger partial charge in [0.25, 0.3) is 0 Å². The van der Waals surface area contributed by atoms with Crippen LogP contribution in [0.25, 0.3) is 0 Å². The van der Waals surface area contributed by atoms with Crippen LogP contribution in [-0.4, -0.2) is 52.3 Å². The SMILES string of the molecule is CN=C(NCc1ccccc1OC1CCC1)N1CCC(c2ncn[nH]2)CC1.I. The zero-order chi connectivity index (χ0) is 18.5. The number of piperidine rings is 1. The van der Waals surface area contributed by atoms with Gasteiger partial charge in [-0.3, -0.25) is 10.1 Å². The Morgan fingerprint density at radius 1 is 1.25 bits per heavy atom. The molecule has 152 valence electrons. The largest absolute Gasteiger partial charge is 0.490 e. The fourth-order valence-corrected chi connectivity index (χ4v) is 3.72. The smallest absolute Gasteiger partial charge is 0.193 e. The van der Waals surface area contributed by atoms with Crippen LogP contribution < -0.4 is 10.1 Å². The fraction of sp³-hybridized carbons (Fsp3) is 0.550. The second-order valence-electron chi connectivity index (χ2n) is 7.31. The van der Waals surface area contributed by atoms with Crippen molar-refractivity contribution in [2.24, 2.45) is 4.99 Å². The zero-order valence-corrected chi connectivity index (χ0v) is 18.6. The lowest BCUT2D eigenvalue weighted by Crippen LogP contribution is -2.45. The Balaban J connectivity index is 0.00000225. The topological polar surface area (TPSA) is 78.4 Å². The number of hydrogen-bond donors (Lipinski definition) is 2. The molecule has 4 rings (SSSR count). The highest BCUT2D eigenvalue weighted by Gasteiger charge is 2.24. The maximum atomic E-state index is 6.14. The average Bonchev–Trinajstić information content (AvgIpc) is 3.21. The summed E-state index contributed by atoms with van der Waals surface area (Å²) in [7, 11) is 1.85. The fourth-order valence-electron chi connectivity index (χ4n) is 3.72. The van der Waals surface area contributed by atoms with Crippen LogP contribution in [0.5, 0.6) is 5.75 Å². The maximum Gasteiger partial charge on any atom is 0.193 e. The van der Waals surface area contributed by atoms with Gasteiger partial charge in [0.05, 0.1) is 6.10 Å². The summed E-state index contributed by atoms with van der Waals surface area (Å²) in [5.74, 6) is 3.40. The summed E-state index contributed by atoms with van der Waals surface area (Å²) in [5, 5.41) is 10.5. The molecule has 0 spiro atoms. The lowest BCUT2D eigenvalue weighted by atomic mass is 9.96. The van der Waals surface area contributed by atoms with E-state index >= 15 is 0 Å². The molecule has 0 radical (unpaired) electrons. The van der Waals surface area contributed by atoms with E-state index in [2.05, 4.69) is 48.6 Å². The van der Waals surface area contributed by atoms with Gasteiger partial charge in [0.2, 0.25) is 0 Å². The van der Waals surface area contributed by atoms with Gasteiger partial charge in [0.15, 0.2) is 5.96 Å². The minimum absolute atomic E-state index is 0. The molecule has 1 saturated heterocycles. The molecule has 1 aliphatic heterocycles. The Labute approximate surface area is 183 Å². The van der Waals surface area contributed by atoms with Crippen LogP contribution in [0.2, 0.25) is 0 Å². The van der Waals surface area contributed by atoms with E-state index in [4.69, 9.17) is 4.74 Å². The van der Waals surface area contributed by atoms with Crippen molar-refractivity contribution in [3.8, 4) is 5.75 Å². The van der Waals surface area contributed by atoms with E-state index in [-0.39, 0.29) is 24.0 Å². The minimum Gasteiger partial charge on any atom is -0.490 e. The third kappa shape index (κ3) is 4.95. The molecule has 1 aromatic carbocycles. The third-order valence-corrected chi connectivity index (χ3v) is 5.58. The highest BCUT2D eigenvalue weighted by Crippen LogP contribution is 2.28. The number of rotatable bonds is 5. The number of aliphatic imine (C=N–C) groups is 1. The van der Waals surface area contributed by atoms with Gasteiger partial charge in [0.1, 0.15) is 17.9 Å². The first-order valence-electron chi connectivity index (χ1n) is 9.89. The van der Waals surface area contributed by atoms with Crippen LogP contribution in [0.15, 0.2) is 35.6 Å². The molecule has 0 bridgehead atoms. The van der Waals surface area contributed by atoms with Gasteiger partial charge in [-0.15, -0.1) is 24.0 Å². The molecule has 2 heterocycles. The molecular weight excluding hydrogens is 467 g/mol. The van der Waals surface area contributed by atoms with Gasteiger partial charge < -0.3 is 15.0 Å². The van der Waals surface area contributed by atoms with Gasteiger partial charge >= 0.3 is 0 Å². The molecule has 0 unspecified atom stereocenters. The zero-order valence-electron chi connectivity index (χ0n) is 16.3. The van der Waals surface area contributed by atoms with E-state index in [0.717, 1.165) is 50.0 Å². The van der Waals surface area contributed by atoms with E-state index < -0.39 is 0 Å². The summed E-state index contributed by atoms with van der Waals surface area (Å²) in [6.45, 7) is 2.65. The van der Waals surface area contributed by atoms with Gasteiger partial charge in [-0.1, -0.05) is 18.2 Å². The standard InChI is InChI=1S/C20H28N6O.HI/c1-21-20(26-11-9-15(10-12-26)19-23-14-24-25-19)22-13-16-5-2-3-8-18(16)27-17-6-4-7-17;/h2-3,5,8,14-15,17H,4,6-7,9-13H2,1H3,(H,21,22)(H,23,24,25);1H. The molecule has 2 fully saturated rings. The van der Waals surface area contributed by atoms with Gasteiger partial charge in [0, 0.05) is 38.2 Å². The highest BCUT2D eigenvalue weighted by atomic mass is 127. The molecule has 2 aromatic rings. The number of hydrogen-bond acceptors (Lipinski definition) is 4. The van der Waals surface area contributed by atoms with Crippen molar-refractivity contribution < 1.29 is 4.74 Å². The number of aromatic amines is 1. The van der Waals surface area contributed by atoms with E-state index in [9.17, 15) is 0 Å². The normalized spacial score (nSPS) is 18.3. The summed E-state index contributed by atoms with van der Waals surface area (Å²) in [6.07, 6.45) is 7.70. The molecule has 0 amide bonds. The molecule has 2 N–H and O–H groups in total. The molecule has 1 aliphatic carbocycles. The second-order valence-corrected chi connectivity index (χ2v) is 7.31. The molecule has 8 heteroatoms. The second kappa shape index (κ2) is 10.1. The first-order valence-corrected chi connectivity index (χ1v) is 9.89. The van der Waals surface area contributed by atoms with Crippen molar-refractivity contribution in [2.45, 2.75) is 50.7 Å². The van der Waals surface area contributed by atoms with Crippen molar-refractivity contribution in [3.05, 3.63) is 42.0 Å². The molecule has 7 nitrogen and oxygen atoms in total. The Hall–Kier alpha value is -1.84. The summed E-state index contributed by atoms with van der Waals surface area (Å²) in [4.78, 5) is 11.1. The predicted octanol–water partition coefficient (Wildman–Crippen LogP) is 3.31. The Kier molecular flexibility index (Phi) is 7.52.